The van der Waals surface area contributed by atoms with Gasteiger partial charge in [0.1, 0.15) is 68.3 Å². The van der Waals surface area contributed by atoms with E-state index in [4.69, 9.17) is 122 Å². The molecule has 122 heavy (non-hydrogen) atoms. The van der Waals surface area contributed by atoms with Crippen molar-refractivity contribution in [1.82, 2.24) is 89.7 Å². The second kappa shape index (κ2) is 58.4. The fraction of sp³-hybridized carbons (Fsp3) is 0. The van der Waals surface area contributed by atoms with E-state index in [0.717, 1.165) is 68.3 Å². The van der Waals surface area contributed by atoms with Crippen molar-refractivity contribution in [2.24, 2.45) is 0 Å². The van der Waals surface area contributed by atoms with Crippen LogP contribution >= 0.6 is 0 Å². The number of hydrogen-bond donors (Lipinski definition) is 0. The first-order valence-electron chi connectivity index (χ1n) is 31.7. The van der Waals surface area contributed by atoms with Crippen molar-refractivity contribution >= 4 is 0 Å². The molecule has 50 heteroatoms. The third-order valence-corrected chi connectivity index (χ3v) is 13.6. The van der Waals surface area contributed by atoms with Gasteiger partial charge in [-0.05, 0) is 146 Å². The van der Waals surface area contributed by atoms with Crippen molar-refractivity contribution in [2.75, 3.05) is 0 Å². The summed E-state index contributed by atoms with van der Waals surface area (Å²) in [5.74, 6) is 0. The molecule has 0 aliphatic rings. The van der Waals surface area contributed by atoms with Gasteiger partial charge >= 0.3 is 74.6 Å². The Morgan fingerprint density at radius 1 is 0.148 bits per heavy atom. The van der Waals surface area contributed by atoms with Gasteiger partial charge in [0.05, 0.1) is 98.8 Å². The van der Waals surface area contributed by atoms with Gasteiger partial charge < -0.3 is 125 Å². The Kier molecular flexibility index (Phi) is 51.9. The summed E-state index contributed by atoms with van der Waals surface area (Å²) < 4.78 is 0. The number of pyridine rings is 12. The summed E-state index contributed by atoms with van der Waals surface area (Å²) in [7, 11) is 0. The van der Waals surface area contributed by atoms with Gasteiger partial charge in [0.15, 0.2) is 0 Å². The molecule has 0 saturated carbocycles. The minimum atomic E-state index is -1.75. The van der Waals surface area contributed by atoms with Crippen molar-refractivity contribution in [2.45, 2.75) is 0 Å². The van der Waals surface area contributed by atoms with Crippen LogP contribution in [-0.4, -0.2) is 120 Å². The van der Waals surface area contributed by atoms with Gasteiger partial charge in [-0.2, -0.15) is 0 Å². The largest absolute Gasteiger partial charge is 3.00 e. The maximum absolute atomic E-state index is 8.25. The Morgan fingerprint density at radius 2 is 0.213 bits per heavy atom. The maximum atomic E-state index is 8.25. The van der Waals surface area contributed by atoms with Crippen LogP contribution < -0.4 is 0 Å². The molecule has 15 rings (SSSR count). The molecule has 0 unspecified atom stereocenters. The van der Waals surface area contributed by atoms with Crippen LogP contribution in [0.2, 0.25) is 0 Å². The normalized spacial score (nSPS) is 9.05. The molecule has 0 aliphatic heterocycles. The Hall–Kier alpha value is -15.5. The minimum absolute atomic E-state index is 0. The first-order chi connectivity index (χ1) is 55.1. The molecule has 15 heterocycles. The standard InChI is InChI=1S/3C24H16N6.2Er.6NO3.6H2O/c3*1-5-13-25-17(9-1)21-22(18-10-2-6-14-26-18)30-24(20-12-4-8-16-28-20)23(29-21)19-11-3-7-15-27-19;;;6*2-1(3)4;;;;;;/h3*1-16H;;;;;;;;;6*1H2/q;;;2*+3;6*-1;;;;;;/p+6. The summed E-state index contributed by atoms with van der Waals surface area (Å²) in [6.45, 7) is 0. The minimum Gasteiger partial charge on any atom is -0.457 e. The van der Waals surface area contributed by atoms with Crippen LogP contribution in [0.4, 0.5) is 0 Å². The summed E-state index contributed by atoms with van der Waals surface area (Å²) in [4.78, 5) is 134. The molecule has 2 radical (unpaired) electrons. The second-order valence-corrected chi connectivity index (χ2v) is 20.8. The Bertz CT molecular complexity index is 4350. The summed E-state index contributed by atoms with van der Waals surface area (Å²) in [6.07, 6.45) is 20.9. The summed E-state index contributed by atoms with van der Waals surface area (Å²) in [5.41, 5.74) is 16.4. The Labute approximate surface area is 743 Å². The van der Waals surface area contributed by atoms with Crippen molar-refractivity contribution in [3.63, 3.8) is 0 Å². The van der Waals surface area contributed by atoms with Gasteiger partial charge in [0, 0.05) is 74.4 Å². The number of aromatic nitrogens is 18. The first-order valence-corrected chi connectivity index (χ1v) is 31.7. The average molecular weight is 1990 g/mol. The van der Waals surface area contributed by atoms with Gasteiger partial charge in [0.25, 0.3) is 0 Å². The van der Waals surface area contributed by atoms with Crippen LogP contribution in [-0.2, 0) is 32.9 Å². The van der Waals surface area contributed by atoms with Crippen LogP contribution in [0.5, 0.6) is 0 Å². The van der Waals surface area contributed by atoms with Gasteiger partial charge in [-0.15, -0.1) is 0 Å². The van der Waals surface area contributed by atoms with Crippen molar-refractivity contribution in [1.29, 1.82) is 0 Å². The molecule has 0 aliphatic carbocycles. The molecular weight excluding hydrogens is 1920 g/mol. The third-order valence-electron chi connectivity index (χ3n) is 13.6. The molecule has 0 saturated heterocycles. The van der Waals surface area contributed by atoms with E-state index in [-0.39, 0.29) is 107 Å². The second-order valence-electron chi connectivity index (χ2n) is 20.8. The maximum Gasteiger partial charge on any atom is 3.00 e. The van der Waals surface area contributed by atoms with Gasteiger partial charge in [-0.3, -0.25) is 59.8 Å². The molecular formula is C72H66Er2N24O24+6. The fourth-order valence-electron chi connectivity index (χ4n) is 9.48. The molecule has 0 spiro atoms. The molecule has 636 valence electrons. The predicted molar refractivity (Wildman–Crippen MR) is 436 cm³/mol. The molecule has 18 N–H and O–H groups in total. The van der Waals surface area contributed by atoms with Gasteiger partial charge in [0.2, 0.25) is 0 Å². The van der Waals surface area contributed by atoms with E-state index < -0.39 is 30.5 Å². The van der Waals surface area contributed by atoms with E-state index >= 15 is 0 Å². The average Bonchev–Trinajstić information content (AvgIpc) is 0.781. The van der Waals surface area contributed by atoms with Crippen LogP contribution in [0.3, 0.4) is 0 Å². The van der Waals surface area contributed by atoms with Crippen molar-refractivity contribution in [3.8, 4) is 137 Å². The smallest absolute Gasteiger partial charge is 0.457 e. The monoisotopic (exact) mass is 1980 g/mol. The van der Waals surface area contributed by atoms with E-state index in [1.807, 2.05) is 218 Å². The Morgan fingerprint density at radius 3 is 0.262 bits per heavy atom. The molecule has 0 atom stereocenters. The number of hydrogen-bond acceptors (Lipinski definition) is 36. The van der Waals surface area contributed by atoms with Crippen molar-refractivity contribution < 1.29 is 138 Å². The Balaban J connectivity index is 0. The van der Waals surface area contributed by atoms with E-state index in [0.29, 0.717) is 68.3 Å². The summed E-state index contributed by atoms with van der Waals surface area (Å²) in [5, 5.41) is 88.5. The topological polar surface area (TPSA) is 827 Å². The van der Waals surface area contributed by atoms with E-state index in [9.17, 15) is 0 Å². The molecule has 0 fully saturated rings. The summed E-state index contributed by atoms with van der Waals surface area (Å²) >= 11 is 0. The predicted octanol–water partition coefficient (Wildman–Crippen LogP) is 7.21. The molecule has 15 aromatic rings. The molecule has 0 aromatic carbocycles. The zero-order valence-electron chi connectivity index (χ0n) is 61.8. The van der Waals surface area contributed by atoms with E-state index in [1.165, 1.54) is 0 Å². The fourth-order valence-corrected chi connectivity index (χ4v) is 9.48. The molecule has 48 nitrogen and oxygen atoms in total. The van der Waals surface area contributed by atoms with Crippen LogP contribution in [0.25, 0.3) is 137 Å². The SMILES string of the molecule is O=[N+]([O-])[O-].O=[N+]([O-])[O-].O=[N+]([O-])[O-].O=[N+]([O-])[O-].O=[N+]([O-])[O-].O=[N+]([O-])[O-].[Er+3].[Er+3].[OH3+].[OH3+].[OH3+].[OH3+].[OH3+].[OH3+].c1ccc(-c2nc(-c3ccccn3)c(-c3ccccn3)nc2-c2ccccn2)nc1.c1ccc(-c2nc(-c3ccccn3)c(-c3ccccn3)nc2-c2ccccn2)nc1.c1ccc(-c2nc(-c3ccccn3)c(-c3ccccn3)nc2-c2ccccn2)nc1. The molecule has 15 aromatic heterocycles. The number of nitrogens with zero attached hydrogens (tertiary/aromatic N) is 24. The van der Waals surface area contributed by atoms with Crippen LogP contribution in [0, 0.1) is 167 Å². The third kappa shape index (κ3) is 35.9. The molecule has 0 amide bonds. The van der Waals surface area contributed by atoms with Gasteiger partial charge in [-0.25, -0.2) is 29.9 Å². The van der Waals surface area contributed by atoms with Crippen LogP contribution in [0.15, 0.2) is 293 Å². The molecule has 0 bridgehead atoms. The van der Waals surface area contributed by atoms with Crippen LogP contribution in [0.1, 0.15) is 0 Å². The van der Waals surface area contributed by atoms with E-state index in [1.54, 1.807) is 74.4 Å². The number of rotatable bonds is 12. The quantitative estimate of drug-likeness (QED) is 0.0662. The zero-order valence-corrected chi connectivity index (χ0v) is 65.5. The zero-order chi connectivity index (χ0) is 82.0. The summed E-state index contributed by atoms with van der Waals surface area (Å²) in [6, 6.07) is 68.6. The van der Waals surface area contributed by atoms with Crippen molar-refractivity contribution in [3.05, 3.63) is 385 Å². The van der Waals surface area contributed by atoms with Gasteiger partial charge in [-0.1, -0.05) is 72.8 Å². The first kappa shape index (κ1) is 109. The van der Waals surface area contributed by atoms with E-state index in [2.05, 4.69) is 59.8 Å².